The Kier molecular flexibility index (Phi) is 5.26. The summed E-state index contributed by atoms with van der Waals surface area (Å²) in [5, 5.41) is 0. The van der Waals surface area contributed by atoms with Crippen molar-refractivity contribution in [2.24, 2.45) is 5.73 Å². The zero-order valence-corrected chi connectivity index (χ0v) is 11.2. The minimum atomic E-state index is 0.431. The quantitative estimate of drug-likeness (QED) is 0.748. The highest BCUT2D eigenvalue weighted by atomic mass is 16.5. The smallest absolute Gasteiger partial charge is 0.0576 e. The molecule has 0 aromatic rings. The maximum atomic E-state index is 5.94. The van der Waals surface area contributed by atoms with E-state index in [1.807, 2.05) is 0 Å². The highest BCUT2D eigenvalue weighted by molar-refractivity contribution is 4.76. The Morgan fingerprint density at radius 1 is 1.18 bits per heavy atom. The van der Waals surface area contributed by atoms with E-state index in [9.17, 15) is 0 Å². The van der Waals surface area contributed by atoms with Crippen LogP contribution >= 0.6 is 0 Å². The zero-order valence-electron chi connectivity index (χ0n) is 11.2. The monoisotopic (exact) mass is 240 g/mol. The largest absolute Gasteiger partial charge is 0.378 e. The van der Waals surface area contributed by atoms with E-state index in [1.54, 1.807) is 0 Å². The third-order valence-corrected chi connectivity index (χ3v) is 4.35. The number of likely N-dealkylation sites (tertiary alicyclic amines) is 1. The average Bonchev–Trinajstić information content (AvgIpc) is 2.73. The maximum absolute atomic E-state index is 5.94. The van der Waals surface area contributed by atoms with Gasteiger partial charge in [0.1, 0.15) is 0 Å². The summed E-state index contributed by atoms with van der Waals surface area (Å²) in [6.07, 6.45) is 9.06. The fourth-order valence-corrected chi connectivity index (χ4v) is 3.10. The van der Waals surface area contributed by atoms with Gasteiger partial charge >= 0.3 is 0 Å². The Hall–Kier alpha value is -0.120. The van der Waals surface area contributed by atoms with Gasteiger partial charge < -0.3 is 15.4 Å². The standard InChI is InChI=1S/C14H28N2O/c1-12-4-2-9-16(12)10-3-11-17-14-7-5-13(15)6-8-14/h12-14H,2-11,15H2,1H3. The van der Waals surface area contributed by atoms with E-state index in [0.717, 1.165) is 25.5 Å². The van der Waals surface area contributed by atoms with Crippen LogP contribution in [-0.2, 0) is 4.74 Å². The molecule has 1 atom stereocenters. The summed E-state index contributed by atoms with van der Waals surface area (Å²) < 4.78 is 5.94. The molecular formula is C14H28N2O. The fourth-order valence-electron chi connectivity index (χ4n) is 3.10. The van der Waals surface area contributed by atoms with Crippen molar-refractivity contribution >= 4 is 0 Å². The summed E-state index contributed by atoms with van der Waals surface area (Å²) in [6, 6.07) is 1.22. The van der Waals surface area contributed by atoms with E-state index in [2.05, 4.69) is 11.8 Å². The topological polar surface area (TPSA) is 38.5 Å². The lowest BCUT2D eigenvalue weighted by molar-refractivity contribution is 0.0202. The van der Waals surface area contributed by atoms with Crippen molar-refractivity contribution in [1.29, 1.82) is 0 Å². The van der Waals surface area contributed by atoms with Gasteiger partial charge in [-0.15, -0.1) is 0 Å². The van der Waals surface area contributed by atoms with Crippen LogP contribution in [0.3, 0.4) is 0 Å². The van der Waals surface area contributed by atoms with Gasteiger partial charge in [0.05, 0.1) is 6.10 Å². The van der Waals surface area contributed by atoms with E-state index in [1.165, 1.54) is 45.2 Å². The minimum Gasteiger partial charge on any atom is -0.378 e. The molecule has 3 heteroatoms. The van der Waals surface area contributed by atoms with Gasteiger partial charge in [-0.25, -0.2) is 0 Å². The lowest BCUT2D eigenvalue weighted by Gasteiger charge is -2.27. The molecule has 0 aromatic heterocycles. The van der Waals surface area contributed by atoms with Crippen molar-refractivity contribution in [2.75, 3.05) is 19.7 Å². The summed E-state index contributed by atoms with van der Waals surface area (Å²) in [4.78, 5) is 2.60. The van der Waals surface area contributed by atoms with Crippen LogP contribution in [0.15, 0.2) is 0 Å². The molecule has 3 nitrogen and oxygen atoms in total. The van der Waals surface area contributed by atoms with Crippen molar-refractivity contribution in [3.8, 4) is 0 Å². The number of hydrogen-bond donors (Lipinski definition) is 1. The predicted molar refractivity (Wildman–Crippen MR) is 71.1 cm³/mol. The normalized spacial score (nSPS) is 35.3. The van der Waals surface area contributed by atoms with Crippen molar-refractivity contribution < 1.29 is 4.74 Å². The lowest BCUT2D eigenvalue weighted by Crippen LogP contribution is -2.31. The van der Waals surface area contributed by atoms with Crippen molar-refractivity contribution in [1.82, 2.24) is 4.90 Å². The number of rotatable bonds is 5. The second-order valence-corrected chi connectivity index (χ2v) is 5.79. The van der Waals surface area contributed by atoms with Crippen LogP contribution in [0.1, 0.15) is 51.9 Å². The second-order valence-electron chi connectivity index (χ2n) is 5.79. The predicted octanol–water partition coefficient (Wildman–Crippen LogP) is 2.15. The Labute approximate surface area is 106 Å². The van der Waals surface area contributed by atoms with Crippen molar-refractivity contribution in [3.63, 3.8) is 0 Å². The molecule has 1 aliphatic heterocycles. The Bertz CT molecular complexity index is 214. The molecule has 0 bridgehead atoms. The minimum absolute atomic E-state index is 0.431. The SMILES string of the molecule is CC1CCCN1CCCOC1CCC(N)CC1. The van der Waals surface area contributed by atoms with Gasteiger partial charge in [-0.2, -0.15) is 0 Å². The van der Waals surface area contributed by atoms with Crippen LogP contribution in [0.4, 0.5) is 0 Å². The molecule has 1 aliphatic carbocycles. The molecule has 2 aliphatic rings. The molecule has 1 heterocycles. The van der Waals surface area contributed by atoms with Crippen LogP contribution in [0.5, 0.6) is 0 Å². The second kappa shape index (κ2) is 6.72. The molecule has 0 spiro atoms. The molecule has 0 amide bonds. The van der Waals surface area contributed by atoms with Gasteiger partial charge in [0.2, 0.25) is 0 Å². The summed E-state index contributed by atoms with van der Waals surface area (Å²) in [6.45, 7) is 5.78. The van der Waals surface area contributed by atoms with Crippen molar-refractivity contribution in [3.05, 3.63) is 0 Å². The van der Waals surface area contributed by atoms with Gasteiger partial charge in [0, 0.05) is 25.2 Å². The maximum Gasteiger partial charge on any atom is 0.0576 e. The Morgan fingerprint density at radius 2 is 1.94 bits per heavy atom. The highest BCUT2D eigenvalue weighted by Gasteiger charge is 2.20. The fraction of sp³-hybridized carbons (Fsp3) is 1.00. The molecule has 2 N–H and O–H groups in total. The van der Waals surface area contributed by atoms with Gasteiger partial charge in [-0.05, 0) is 58.4 Å². The molecule has 2 fully saturated rings. The first kappa shape index (κ1) is 13.3. The van der Waals surface area contributed by atoms with E-state index in [4.69, 9.17) is 10.5 Å². The molecule has 1 saturated carbocycles. The summed E-state index contributed by atoms with van der Waals surface area (Å²) in [7, 11) is 0. The Balaban J connectivity index is 1.51. The first-order chi connectivity index (χ1) is 8.25. The molecule has 100 valence electrons. The van der Waals surface area contributed by atoms with E-state index in [0.29, 0.717) is 12.1 Å². The Morgan fingerprint density at radius 3 is 2.59 bits per heavy atom. The highest BCUT2D eigenvalue weighted by Crippen LogP contribution is 2.20. The summed E-state index contributed by atoms with van der Waals surface area (Å²) in [5.74, 6) is 0. The lowest BCUT2D eigenvalue weighted by atomic mass is 9.94. The number of ether oxygens (including phenoxy) is 1. The van der Waals surface area contributed by atoms with E-state index >= 15 is 0 Å². The first-order valence-corrected chi connectivity index (χ1v) is 7.37. The molecule has 0 radical (unpaired) electrons. The number of nitrogens with two attached hydrogens (primary N) is 1. The van der Waals surface area contributed by atoms with Crippen LogP contribution < -0.4 is 5.73 Å². The average molecular weight is 240 g/mol. The summed E-state index contributed by atoms with van der Waals surface area (Å²) in [5.41, 5.74) is 5.89. The van der Waals surface area contributed by atoms with Gasteiger partial charge in [-0.1, -0.05) is 0 Å². The van der Waals surface area contributed by atoms with Crippen molar-refractivity contribution in [2.45, 2.75) is 70.1 Å². The van der Waals surface area contributed by atoms with Crippen LogP contribution in [0, 0.1) is 0 Å². The van der Waals surface area contributed by atoms with Crippen LogP contribution in [0.2, 0.25) is 0 Å². The molecule has 17 heavy (non-hydrogen) atoms. The molecule has 1 unspecified atom stereocenters. The first-order valence-electron chi connectivity index (χ1n) is 7.37. The van der Waals surface area contributed by atoms with Gasteiger partial charge in [0.15, 0.2) is 0 Å². The zero-order chi connectivity index (χ0) is 12.1. The third kappa shape index (κ3) is 4.23. The molecule has 1 saturated heterocycles. The van der Waals surface area contributed by atoms with Gasteiger partial charge in [0.25, 0.3) is 0 Å². The van der Waals surface area contributed by atoms with E-state index in [-0.39, 0.29) is 0 Å². The van der Waals surface area contributed by atoms with Gasteiger partial charge in [-0.3, -0.25) is 0 Å². The molecule has 0 aromatic carbocycles. The number of hydrogen-bond acceptors (Lipinski definition) is 3. The van der Waals surface area contributed by atoms with Crippen LogP contribution in [0.25, 0.3) is 0 Å². The summed E-state index contributed by atoms with van der Waals surface area (Å²) >= 11 is 0. The molecular weight excluding hydrogens is 212 g/mol. The van der Waals surface area contributed by atoms with Crippen LogP contribution in [-0.4, -0.2) is 42.8 Å². The van der Waals surface area contributed by atoms with E-state index < -0.39 is 0 Å². The third-order valence-electron chi connectivity index (χ3n) is 4.35. The molecule has 2 rings (SSSR count). The number of nitrogens with zero attached hydrogens (tertiary/aromatic N) is 1.